The van der Waals surface area contributed by atoms with Gasteiger partial charge in [-0.15, -0.1) is 0 Å². The average molecular weight is 537 g/mol. The lowest BCUT2D eigenvalue weighted by atomic mass is 9.72. The van der Waals surface area contributed by atoms with Crippen LogP contribution in [0.25, 0.3) is 0 Å². The third-order valence-corrected chi connectivity index (χ3v) is 9.00. The van der Waals surface area contributed by atoms with Crippen LogP contribution in [0.4, 0.5) is 0 Å². The van der Waals surface area contributed by atoms with Gasteiger partial charge in [0.25, 0.3) is 0 Å². The van der Waals surface area contributed by atoms with Gasteiger partial charge in [0, 0.05) is 5.92 Å². The lowest BCUT2D eigenvalue weighted by Gasteiger charge is -2.43. The van der Waals surface area contributed by atoms with E-state index in [1.165, 1.54) is 7.11 Å². The van der Waals surface area contributed by atoms with E-state index in [4.69, 9.17) is 23.7 Å². The maximum Gasteiger partial charge on any atom is 0.374 e. The number of carbonyl (C=O) groups is 2. The minimum absolute atomic E-state index is 0.0590. The van der Waals surface area contributed by atoms with E-state index in [2.05, 4.69) is 19.9 Å². The third kappa shape index (κ3) is 4.74. The molecule has 210 valence electrons. The number of methoxy groups -OCH3 is 1. The Bertz CT molecular complexity index is 1240. The van der Waals surface area contributed by atoms with Crippen LogP contribution in [0.1, 0.15) is 66.4 Å². The predicted molar refractivity (Wildman–Crippen MR) is 145 cm³/mol. The highest BCUT2D eigenvalue weighted by molar-refractivity contribution is 5.89. The minimum Gasteiger partial charge on any atom is -0.490 e. The van der Waals surface area contributed by atoms with Crippen molar-refractivity contribution in [3.63, 3.8) is 0 Å². The Morgan fingerprint density at radius 1 is 1.10 bits per heavy atom. The van der Waals surface area contributed by atoms with E-state index in [-0.39, 0.29) is 29.8 Å². The van der Waals surface area contributed by atoms with E-state index in [1.54, 1.807) is 0 Å². The Morgan fingerprint density at radius 2 is 1.82 bits per heavy atom. The van der Waals surface area contributed by atoms with Gasteiger partial charge in [0.2, 0.25) is 5.76 Å². The Balaban J connectivity index is 1.55. The van der Waals surface area contributed by atoms with E-state index >= 15 is 0 Å². The molecule has 3 aliphatic heterocycles. The quantitative estimate of drug-likeness (QED) is 0.337. The van der Waals surface area contributed by atoms with Crippen LogP contribution >= 0.6 is 0 Å². The summed E-state index contributed by atoms with van der Waals surface area (Å²) in [5, 5.41) is 0. The van der Waals surface area contributed by atoms with E-state index < -0.39 is 23.3 Å². The van der Waals surface area contributed by atoms with Crippen LogP contribution in [0, 0.1) is 23.7 Å². The van der Waals surface area contributed by atoms with Crippen LogP contribution in [-0.4, -0.2) is 36.5 Å². The molecule has 7 heteroatoms. The summed E-state index contributed by atoms with van der Waals surface area (Å²) < 4.78 is 30.6. The van der Waals surface area contributed by atoms with Gasteiger partial charge in [-0.25, -0.2) is 4.79 Å². The van der Waals surface area contributed by atoms with Crippen molar-refractivity contribution in [3.05, 3.63) is 70.2 Å². The van der Waals surface area contributed by atoms with E-state index in [0.717, 1.165) is 22.3 Å². The maximum absolute atomic E-state index is 13.3. The lowest BCUT2D eigenvalue weighted by Crippen LogP contribution is -2.46. The first-order chi connectivity index (χ1) is 18.5. The van der Waals surface area contributed by atoms with Gasteiger partial charge in [-0.05, 0) is 75.2 Å². The first kappa shape index (κ1) is 27.7. The zero-order valence-corrected chi connectivity index (χ0v) is 24.0. The van der Waals surface area contributed by atoms with E-state index in [0.29, 0.717) is 37.4 Å². The minimum atomic E-state index is -1.13. The molecular weight excluding hydrogens is 496 g/mol. The molecule has 39 heavy (non-hydrogen) atoms. The third-order valence-electron chi connectivity index (χ3n) is 9.00. The second kappa shape index (κ2) is 10.3. The Labute approximate surface area is 231 Å². The number of allylic oxidation sites excluding steroid dienone is 2. The van der Waals surface area contributed by atoms with Crippen molar-refractivity contribution in [3.8, 4) is 0 Å². The zero-order chi connectivity index (χ0) is 28.1. The number of ether oxygens (including phenoxy) is 5. The highest BCUT2D eigenvalue weighted by atomic mass is 16.7. The molecule has 3 heterocycles. The van der Waals surface area contributed by atoms with Gasteiger partial charge in [0.1, 0.15) is 17.3 Å². The molecule has 4 aliphatic rings. The van der Waals surface area contributed by atoms with Gasteiger partial charge in [-0.2, -0.15) is 0 Å². The largest absolute Gasteiger partial charge is 0.490 e. The van der Waals surface area contributed by atoms with Crippen LogP contribution in [0.2, 0.25) is 0 Å². The molecule has 1 aliphatic carbocycles. The summed E-state index contributed by atoms with van der Waals surface area (Å²) in [5.74, 6) is -1.70. The summed E-state index contributed by atoms with van der Waals surface area (Å²) in [6.07, 6.45) is 3.66. The number of fused-ring (bicyclic) bond motifs is 1. The summed E-state index contributed by atoms with van der Waals surface area (Å²) in [4.78, 5) is 26.3. The summed E-state index contributed by atoms with van der Waals surface area (Å²) in [6, 6.07) is 9.88. The van der Waals surface area contributed by atoms with Gasteiger partial charge < -0.3 is 23.7 Å². The van der Waals surface area contributed by atoms with Crippen LogP contribution in [0.15, 0.2) is 64.6 Å². The fraction of sp³-hybridized carbons (Fsp3) is 0.562. The number of benzene rings is 1. The molecule has 0 bridgehead atoms. The number of rotatable bonds is 5. The topological polar surface area (TPSA) is 80.3 Å². The molecule has 2 fully saturated rings. The number of carbonyl (C=O) groups excluding carboxylic acids is 2. The van der Waals surface area contributed by atoms with Gasteiger partial charge in [-0.1, -0.05) is 50.3 Å². The van der Waals surface area contributed by atoms with Crippen molar-refractivity contribution in [1.29, 1.82) is 0 Å². The zero-order valence-electron chi connectivity index (χ0n) is 24.0. The molecule has 2 saturated heterocycles. The molecule has 5 rings (SSSR count). The first-order valence-corrected chi connectivity index (χ1v) is 13.9. The van der Waals surface area contributed by atoms with Crippen molar-refractivity contribution in [2.24, 2.45) is 23.7 Å². The summed E-state index contributed by atoms with van der Waals surface area (Å²) in [5.41, 5.74) is 3.24. The van der Waals surface area contributed by atoms with Crippen molar-refractivity contribution in [2.75, 3.05) is 7.11 Å². The average Bonchev–Trinajstić information content (AvgIpc) is 3.41. The molecule has 7 nitrogen and oxygen atoms in total. The maximum atomic E-state index is 13.3. The monoisotopic (exact) mass is 536 g/mol. The molecule has 0 N–H and O–H groups in total. The van der Waals surface area contributed by atoms with Gasteiger partial charge in [-0.3, -0.25) is 4.79 Å². The molecule has 0 spiro atoms. The Kier molecular flexibility index (Phi) is 7.27. The van der Waals surface area contributed by atoms with Crippen molar-refractivity contribution in [1.82, 2.24) is 0 Å². The highest BCUT2D eigenvalue weighted by Gasteiger charge is 2.64. The molecule has 1 aromatic carbocycles. The smallest absolute Gasteiger partial charge is 0.374 e. The fourth-order valence-electron chi connectivity index (χ4n) is 6.84. The van der Waals surface area contributed by atoms with Gasteiger partial charge in [0.05, 0.1) is 25.7 Å². The molecule has 0 amide bonds. The fourth-order valence-corrected chi connectivity index (χ4v) is 6.84. The van der Waals surface area contributed by atoms with Gasteiger partial charge >= 0.3 is 11.9 Å². The van der Waals surface area contributed by atoms with Crippen LogP contribution < -0.4 is 0 Å². The van der Waals surface area contributed by atoms with E-state index in [1.807, 2.05) is 58.0 Å². The van der Waals surface area contributed by atoms with Crippen molar-refractivity contribution in [2.45, 2.75) is 84.9 Å². The first-order valence-electron chi connectivity index (χ1n) is 13.9. The van der Waals surface area contributed by atoms with Crippen LogP contribution in [0.5, 0.6) is 0 Å². The molecule has 0 unspecified atom stereocenters. The molecule has 1 aromatic rings. The second-order valence-electron chi connectivity index (χ2n) is 12.0. The SMILES string of the molecule is COC1=C(C(C)C)[C@H]2C/C=C(/C)[C@H]3O[C@@](C)(OCc4ccccc4)[C@H]4C(=O)O/C(=C(\C)CC[C@]2(C)OC1=O)[C@@H]34. The number of hydrogen-bond acceptors (Lipinski definition) is 7. The summed E-state index contributed by atoms with van der Waals surface area (Å²) in [6.45, 7) is 12.4. The standard InChI is InChI=1S/C32H40O7/c1-18(2)23-22-14-13-19(3)27-24-25(32(6,38-27)36-17-21-11-9-8-10-12-21)29(33)37-26(24)20(4)15-16-31(22,5)39-30(34)28(23)35-7/h8-13,18,22,24-25,27H,14-17H2,1-7H3/b19-13-,26-20+/t22-,24+,25-,27-,31+,32-/m1/s1. The molecule has 0 saturated carbocycles. The normalized spacial score (nSPS) is 37.9. The Morgan fingerprint density at radius 3 is 2.49 bits per heavy atom. The predicted octanol–water partition coefficient (Wildman–Crippen LogP) is 6.00. The molecule has 0 aromatic heterocycles. The number of esters is 2. The highest BCUT2D eigenvalue weighted by Crippen LogP contribution is 2.54. The van der Waals surface area contributed by atoms with Crippen LogP contribution in [-0.2, 0) is 39.9 Å². The summed E-state index contributed by atoms with van der Waals surface area (Å²) >= 11 is 0. The molecular formula is C32H40O7. The van der Waals surface area contributed by atoms with Crippen molar-refractivity contribution >= 4 is 11.9 Å². The Hall–Kier alpha value is -2.90. The van der Waals surface area contributed by atoms with Crippen molar-refractivity contribution < 1.29 is 33.3 Å². The number of hydrogen-bond donors (Lipinski definition) is 0. The summed E-state index contributed by atoms with van der Waals surface area (Å²) in [7, 11) is 1.53. The van der Waals surface area contributed by atoms with Gasteiger partial charge in [0.15, 0.2) is 5.79 Å². The second-order valence-corrected chi connectivity index (χ2v) is 12.0. The molecule has 0 radical (unpaired) electrons. The van der Waals surface area contributed by atoms with E-state index in [9.17, 15) is 9.59 Å². The molecule has 6 atom stereocenters. The lowest BCUT2D eigenvalue weighted by molar-refractivity contribution is -0.237. The van der Waals surface area contributed by atoms with Crippen LogP contribution in [0.3, 0.4) is 0 Å².